The van der Waals surface area contributed by atoms with Gasteiger partial charge in [0.05, 0.1) is 18.0 Å². The number of hydrogen-bond donors (Lipinski definition) is 1. The van der Waals surface area contributed by atoms with Crippen LogP contribution in [0.3, 0.4) is 0 Å². The Morgan fingerprint density at radius 1 is 1.53 bits per heavy atom. The average Bonchev–Trinajstić information content (AvgIpc) is 2.23. The molecule has 2 atom stereocenters. The van der Waals surface area contributed by atoms with Gasteiger partial charge in [-0.25, -0.2) is 9.79 Å². The first-order valence-electron chi connectivity index (χ1n) is 4.52. The maximum Gasteiger partial charge on any atom is 0.356 e. The smallest absolute Gasteiger partial charge is 0.356 e. The van der Waals surface area contributed by atoms with E-state index >= 15 is 0 Å². The molecule has 2 rings (SSSR count). The average molecular weight is 269 g/mol. The summed E-state index contributed by atoms with van der Waals surface area (Å²) >= 11 is 3.44. The zero-order valence-corrected chi connectivity index (χ0v) is 9.60. The fourth-order valence-corrected chi connectivity index (χ4v) is 1.94. The third-order valence-electron chi connectivity index (χ3n) is 2.45. The van der Waals surface area contributed by atoms with Crippen LogP contribution in [0, 0.1) is 5.92 Å². The van der Waals surface area contributed by atoms with Gasteiger partial charge >= 0.3 is 5.97 Å². The van der Waals surface area contributed by atoms with Crippen molar-refractivity contribution in [3.05, 3.63) is 22.3 Å². The number of carboxylic acid groups (broad SMARTS) is 1. The molecule has 0 aromatic carbocycles. The van der Waals surface area contributed by atoms with Crippen LogP contribution >= 0.6 is 15.9 Å². The predicted molar refractivity (Wildman–Crippen MR) is 61.6 cm³/mol. The van der Waals surface area contributed by atoms with Crippen LogP contribution in [0.1, 0.15) is 6.92 Å². The largest absolute Gasteiger partial charge is 0.476 e. The van der Waals surface area contributed by atoms with Crippen LogP contribution in [-0.4, -0.2) is 29.0 Å². The Hall–Kier alpha value is -1.23. The van der Waals surface area contributed by atoms with Gasteiger partial charge in [-0.05, 0) is 12.2 Å². The minimum absolute atomic E-state index is 0.00359. The molecule has 15 heavy (non-hydrogen) atoms. The van der Waals surface area contributed by atoms with Crippen molar-refractivity contribution in [1.82, 2.24) is 0 Å². The van der Waals surface area contributed by atoms with Crippen molar-refractivity contribution in [2.45, 2.75) is 13.0 Å². The Bertz CT molecular complexity index is 435. The van der Waals surface area contributed by atoms with Crippen molar-refractivity contribution < 1.29 is 9.90 Å². The Morgan fingerprint density at radius 2 is 2.27 bits per heavy atom. The fraction of sp³-hybridized carbons (Fsp3) is 0.300. The Morgan fingerprint density at radius 3 is 2.93 bits per heavy atom. The highest BCUT2D eigenvalue weighted by Gasteiger charge is 2.28. The summed E-state index contributed by atoms with van der Waals surface area (Å²) in [6, 6.07) is -0.0625. The summed E-state index contributed by atoms with van der Waals surface area (Å²) in [6.45, 7) is 2.02. The van der Waals surface area contributed by atoms with E-state index in [2.05, 4.69) is 25.9 Å². The van der Waals surface area contributed by atoms with Crippen molar-refractivity contribution in [3.63, 3.8) is 0 Å². The second-order valence-corrected chi connectivity index (χ2v) is 4.37. The van der Waals surface area contributed by atoms with E-state index in [1.165, 1.54) is 6.21 Å². The Labute approximate surface area is 95.2 Å². The summed E-state index contributed by atoms with van der Waals surface area (Å²) in [6.07, 6.45) is 5.01. The highest BCUT2D eigenvalue weighted by Crippen LogP contribution is 2.33. The first kappa shape index (κ1) is 10.3. The van der Waals surface area contributed by atoms with Crippen molar-refractivity contribution in [2.75, 3.05) is 0 Å². The molecule has 0 saturated carbocycles. The number of hydrogen-bond acceptors (Lipinski definition) is 3. The molecule has 0 radical (unpaired) electrons. The summed E-state index contributed by atoms with van der Waals surface area (Å²) < 4.78 is 1.06. The maximum atomic E-state index is 10.7. The van der Waals surface area contributed by atoms with E-state index < -0.39 is 5.97 Å². The van der Waals surface area contributed by atoms with E-state index in [4.69, 9.17) is 5.11 Å². The van der Waals surface area contributed by atoms with Crippen LogP contribution in [0.25, 0.3) is 0 Å². The molecule has 0 amide bonds. The molecule has 5 heteroatoms. The summed E-state index contributed by atoms with van der Waals surface area (Å²) in [5.41, 5.74) is 0.710. The topological polar surface area (TPSA) is 62.0 Å². The van der Waals surface area contributed by atoms with Gasteiger partial charge < -0.3 is 5.11 Å². The zero-order valence-electron chi connectivity index (χ0n) is 8.01. The van der Waals surface area contributed by atoms with Gasteiger partial charge in [-0.3, -0.25) is 4.99 Å². The van der Waals surface area contributed by atoms with Gasteiger partial charge in [0, 0.05) is 10.4 Å². The molecule has 0 bridgehead atoms. The normalized spacial score (nSPS) is 28.8. The number of aliphatic imine (C=N–C) groups is 2. The standard InChI is InChI=1S/C10H9BrN2O2/c1-5-6(11)2-3-7-9(5)12-4-8(13-7)10(14)15/h2-5,9H,1H3,(H,14,15). The zero-order chi connectivity index (χ0) is 11.0. The first-order valence-corrected chi connectivity index (χ1v) is 5.31. The number of rotatable bonds is 1. The molecular formula is C10H9BrN2O2. The van der Waals surface area contributed by atoms with Crippen LogP contribution < -0.4 is 0 Å². The number of carbonyl (C=O) groups is 1. The van der Waals surface area contributed by atoms with E-state index in [0.717, 1.165) is 4.48 Å². The first-order chi connectivity index (χ1) is 7.09. The van der Waals surface area contributed by atoms with E-state index in [-0.39, 0.29) is 17.7 Å². The van der Waals surface area contributed by atoms with Crippen molar-refractivity contribution in [3.8, 4) is 0 Å². The van der Waals surface area contributed by atoms with Crippen LogP contribution in [-0.2, 0) is 4.79 Å². The molecule has 1 N–H and O–H groups in total. The van der Waals surface area contributed by atoms with Gasteiger partial charge in [0.1, 0.15) is 0 Å². The van der Waals surface area contributed by atoms with E-state index in [0.29, 0.717) is 5.70 Å². The SMILES string of the molecule is CC1C(Br)=CC=C2N=C(C(=O)O)C=NC21. The molecule has 0 aromatic rings. The third kappa shape index (κ3) is 1.79. The predicted octanol–water partition coefficient (Wildman–Crippen LogP) is 1.78. The molecular weight excluding hydrogens is 260 g/mol. The molecule has 0 aromatic heterocycles. The lowest BCUT2D eigenvalue weighted by molar-refractivity contribution is -0.129. The number of fused-ring (bicyclic) bond motifs is 1. The number of aliphatic carboxylic acids is 1. The summed E-state index contributed by atoms with van der Waals surface area (Å²) in [5, 5.41) is 8.77. The molecule has 1 aliphatic heterocycles. The lowest BCUT2D eigenvalue weighted by Gasteiger charge is -2.25. The van der Waals surface area contributed by atoms with Gasteiger partial charge in [0.2, 0.25) is 0 Å². The monoisotopic (exact) mass is 268 g/mol. The molecule has 2 unspecified atom stereocenters. The van der Waals surface area contributed by atoms with Crippen LogP contribution in [0.2, 0.25) is 0 Å². The lowest BCUT2D eigenvalue weighted by atomic mass is 9.94. The quantitative estimate of drug-likeness (QED) is 0.788. The van der Waals surface area contributed by atoms with Gasteiger partial charge in [-0.15, -0.1) is 0 Å². The second-order valence-electron chi connectivity index (χ2n) is 3.46. The van der Waals surface area contributed by atoms with Crippen LogP contribution in [0.15, 0.2) is 32.3 Å². The van der Waals surface area contributed by atoms with E-state index in [1.54, 1.807) is 6.08 Å². The highest BCUT2D eigenvalue weighted by atomic mass is 79.9. The lowest BCUT2D eigenvalue weighted by Crippen LogP contribution is -2.28. The number of nitrogens with zero attached hydrogens (tertiary/aromatic N) is 2. The van der Waals surface area contributed by atoms with Gasteiger partial charge in [-0.1, -0.05) is 22.9 Å². The summed E-state index contributed by atoms with van der Waals surface area (Å²) in [4.78, 5) is 19.0. The second kappa shape index (κ2) is 3.73. The molecule has 78 valence electrons. The molecule has 0 spiro atoms. The van der Waals surface area contributed by atoms with Crippen molar-refractivity contribution >= 4 is 33.8 Å². The molecule has 1 aliphatic carbocycles. The van der Waals surface area contributed by atoms with Gasteiger partial charge in [-0.2, -0.15) is 0 Å². The summed E-state index contributed by atoms with van der Waals surface area (Å²) in [5.74, 6) is -0.834. The molecule has 1 heterocycles. The third-order valence-corrected chi connectivity index (χ3v) is 3.44. The summed E-state index contributed by atoms with van der Waals surface area (Å²) in [7, 11) is 0. The van der Waals surface area contributed by atoms with Crippen molar-refractivity contribution in [2.24, 2.45) is 15.9 Å². The minimum atomic E-state index is -1.04. The van der Waals surface area contributed by atoms with Crippen molar-refractivity contribution in [1.29, 1.82) is 0 Å². The highest BCUT2D eigenvalue weighted by molar-refractivity contribution is 9.11. The van der Waals surface area contributed by atoms with Gasteiger partial charge in [0.25, 0.3) is 0 Å². The van der Waals surface area contributed by atoms with Crippen LogP contribution in [0.4, 0.5) is 0 Å². The van der Waals surface area contributed by atoms with Gasteiger partial charge in [0.15, 0.2) is 5.71 Å². The Balaban J connectivity index is 2.38. The number of halogens is 1. The molecule has 2 aliphatic rings. The maximum absolute atomic E-state index is 10.7. The number of carboxylic acids is 1. The van der Waals surface area contributed by atoms with Crippen LogP contribution in [0.5, 0.6) is 0 Å². The fourth-order valence-electron chi connectivity index (χ4n) is 1.55. The Kier molecular flexibility index (Phi) is 2.56. The molecule has 4 nitrogen and oxygen atoms in total. The minimum Gasteiger partial charge on any atom is -0.476 e. The van der Waals surface area contributed by atoms with E-state index in [1.807, 2.05) is 13.0 Å². The molecule has 0 fully saturated rings. The van der Waals surface area contributed by atoms with E-state index in [9.17, 15) is 4.79 Å². The number of allylic oxidation sites excluding steroid dienone is 2. The molecule has 0 saturated heterocycles.